The van der Waals surface area contributed by atoms with Crippen molar-refractivity contribution in [2.24, 2.45) is 0 Å². The molecule has 5 heteroatoms. The Bertz CT molecular complexity index is 564. The fraction of sp³-hybridized carbons (Fsp3) is 0.167. The van der Waals surface area contributed by atoms with Crippen LogP contribution in [0.1, 0.15) is 11.1 Å². The maximum atomic E-state index is 10.9. The highest BCUT2D eigenvalue weighted by Crippen LogP contribution is 2.30. The predicted octanol–water partition coefficient (Wildman–Crippen LogP) is 2.94. The van der Waals surface area contributed by atoms with Crippen LogP contribution < -0.4 is 10.3 Å². The van der Waals surface area contributed by atoms with Crippen molar-refractivity contribution < 1.29 is 4.74 Å². The molecule has 1 aromatic heterocycles. The first-order valence-electron chi connectivity index (χ1n) is 5.06. The van der Waals surface area contributed by atoms with Gasteiger partial charge in [-0.2, -0.15) is 0 Å². The van der Waals surface area contributed by atoms with Crippen LogP contribution in [0, 0.1) is 13.8 Å². The molecule has 0 atom stereocenters. The van der Waals surface area contributed by atoms with Crippen molar-refractivity contribution in [1.29, 1.82) is 0 Å². The highest BCUT2D eigenvalue weighted by atomic mass is 79.9. The van der Waals surface area contributed by atoms with E-state index in [1.165, 1.54) is 6.07 Å². The Labute approximate surface area is 107 Å². The number of benzene rings is 1. The summed E-state index contributed by atoms with van der Waals surface area (Å²) in [6, 6.07) is 6.85. The average molecular weight is 295 g/mol. The van der Waals surface area contributed by atoms with E-state index in [9.17, 15) is 4.79 Å². The van der Waals surface area contributed by atoms with Gasteiger partial charge in [0.15, 0.2) is 0 Å². The van der Waals surface area contributed by atoms with Gasteiger partial charge in [-0.3, -0.25) is 4.79 Å². The van der Waals surface area contributed by atoms with Crippen molar-refractivity contribution >= 4 is 15.9 Å². The van der Waals surface area contributed by atoms with Crippen molar-refractivity contribution in [2.75, 3.05) is 0 Å². The monoisotopic (exact) mass is 294 g/mol. The van der Waals surface area contributed by atoms with Crippen molar-refractivity contribution in [1.82, 2.24) is 10.2 Å². The summed E-state index contributed by atoms with van der Waals surface area (Å²) in [6.07, 6.45) is 0. The number of aryl methyl sites for hydroxylation is 2. The van der Waals surface area contributed by atoms with Crippen molar-refractivity contribution in [3.8, 4) is 11.6 Å². The molecule has 2 aromatic rings. The van der Waals surface area contributed by atoms with Gasteiger partial charge in [-0.05, 0) is 37.1 Å². The van der Waals surface area contributed by atoms with Crippen LogP contribution in [0.15, 0.2) is 33.5 Å². The normalized spacial score (nSPS) is 10.3. The Morgan fingerprint density at radius 1 is 1.24 bits per heavy atom. The zero-order valence-corrected chi connectivity index (χ0v) is 11.0. The largest absolute Gasteiger partial charge is 0.437 e. The first-order valence-corrected chi connectivity index (χ1v) is 5.86. The Hall–Kier alpha value is -1.62. The molecular weight excluding hydrogens is 284 g/mol. The third-order valence-corrected chi connectivity index (χ3v) is 2.74. The number of hydrogen-bond acceptors (Lipinski definition) is 3. The molecule has 0 aliphatic carbocycles. The van der Waals surface area contributed by atoms with Gasteiger partial charge >= 0.3 is 0 Å². The molecule has 0 spiro atoms. The van der Waals surface area contributed by atoms with Gasteiger partial charge in [-0.1, -0.05) is 15.9 Å². The molecule has 1 aromatic carbocycles. The second-order valence-corrected chi connectivity index (χ2v) is 4.65. The topological polar surface area (TPSA) is 55.0 Å². The number of aromatic amines is 1. The third-order valence-electron chi connectivity index (χ3n) is 2.29. The molecule has 0 fully saturated rings. The summed E-state index contributed by atoms with van der Waals surface area (Å²) in [5, 5.41) is 6.14. The smallest absolute Gasteiger partial charge is 0.264 e. The summed E-state index contributed by atoms with van der Waals surface area (Å²) < 4.78 is 6.66. The van der Waals surface area contributed by atoms with Crippen molar-refractivity contribution in [3.05, 3.63) is 50.2 Å². The Kier molecular flexibility index (Phi) is 3.28. The zero-order chi connectivity index (χ0) is 12.4. The van der Waals surface area contributed by atoms with Crippen LogP contribution in [0.5, 0.6) is 11.6 Å². The average Bonchev–Trinajstić information content (AvgIpc) is 2.26. The lowest BCUT2D eigenvalue weighted by atomic mass is 10.1. The fourth-order valence-electron chi connectivity index (χ4n) is 1.55. The lowest BCUT2D eigenvalue weighted by molar-refractivity contribution is 0.447. The molecule has 1 heterocycles. The molecule has 0 unspecified atom stereocenters. The molecule has 0 aliphatic rings. The minimum atomic E-state index is -0.249. The van der Waals surface area contributed by atoms with Gasteiger partial charge in [0.05, 0.1) is 0 Å². The Balaban J connectivity index is 2.36. The van der Waals surface area contributed by atoms with E-state index in [2.05, 4.69) is 26.1 Å². The first kappa shape index (κ1) is 11.9. The quantitative estimate of drug-likeness (QED) is 0.926. The lowest BCUT2D eigenvalue weighted by Crippen LogP contribution is -2.06. The Morgan fingerprint density at radius 3 is 2.41 bits per heavy atom. The van der Waals surface area contributed by atoms with Gasteiger partial charge in [-0.15, -0.1) is 5.10 Å². The molecule has 17 heavy (non-hydrogen) atoms. The Morgan fingerprint density at radius 2 is 1.88 bits per heavy atom. The maximum Gasteiger partial charge on any atom is 0.264 e. The molecule has 0 saturated carbocycles. The number of aromatic nitrogens is 2. The molecule has 4 nitrogen and oxygen atoms in total. The van der Waals surface area contributed by atoms with Gasteiger partial charge < -0.3 is 4.74 Å². The van der Waals surface area contributed by atoms with E-state index in [1.54, 1.807) is 6.07 Å². The summed E-state index contributed by atoms with van der Waals surface area (Å²) in [6.45, 7) is 3.91. The van der Waals surface area contributed by atoms with E-state index in [0.717, 1.165) is 21.3 Å². The van der Waals surface area contributed by atoms with Crippen LogP contribution in [0.2, 0.25) is 0 Å². The van der Waals surface area contributed by atoms with Gasteiger partial charge in [-0.25, -0.2) is 5.10 Å². The molecule has 0 bridgehead atoms. The summed E-state index contributed by atoms with van der Waals surface area (Å²) >= 11 is 3.42. The van der Waals surface area contributed by atoms with Crippen molar-refractivity contribution in [3.63, 3.8) is 0 Å². The summed E-state index contributed by atoms with van der Waals surface area (Å²) in [5.74, 6) is 1.13. The van der Waals surface area contributed by atoms with E-state index in [0.29, 0.717) is 5.88 Å². The minimum Gasteiger partial charge on any atom is -0.437 e. The minimum absolute atomic E-state index is 0.249. The standard InChI is InChI=1S/C12H11BrN2O2/c1-7-5-9(13)6-8(2)12(7)17-11-4-3-10(16)14-15-11/h3-6H,1-2H3,(H,14,16). The van der Waals surface area contributed by atoms with Gasteiger partial charge in [0.25, 0.3) is 5.56 Å². The predicted molar refractivity (Wildman–Crippen MR) is 68.5 cm³/mol. The number of hydrogen-bond donors (Lipinski definition) is 1. The molecule has 88 valence electrons. The number of nitrogens with zero attached hydrogens (tertiary/aromatic N) is 1. The molecule has 0 radical (unpaired) electrons. The lowest BCUT2D eigenvalue weighted by Gasteiger charge is -2.10. The van der Waals surface area contributed by atoms with Gasteiger partial charge in [0.1, 0.15) is 5.75 Å². The third kappa shape index (κ3) is 2.74. The van der Waals surface area contributed by atoms with E-state index in [4.69, 9.17) is 4.74 Å². The molecule has 1 N–H and O–H groups in total. The maximum absolute atomic E-state index is 10.9. The first-order chi connectivity index (χ1) is 8.06. The van der Waals surface area contributed by atoms with Gasteiger partial charge in [0.2, 0.25) is 5.88 Å². The summed E-state index contributed by atoms with van der Waals surface area (Å²) in [5.41, 5.74) is 1.76. The number of ether oxygens (including phenoxy) is 1. The van der Waals surface area contributed by atoms with Crippen LogP contribution in [-0.4, -0.2) is 10.2 Å². The highest BCUT2D eigenvalue weighted by molar-refractivity contribution is 9.10. The van der Waals surface area contributed by atoms with Crippen LogP contribution in [-0.2, 0) is 0 Å². The van der Waals surface area contributed by atoms with Crippen LogP contribution in [0.3, 0.4) is 0 Å². The van der Waals surface area contributed by atoms with E-state index in [-0.39, 0.29) is 5.56 Å². The van der Waals surface area contributed by atoms with Gasteiger partial charge in [0, 0.05) is 16.6 Å². The second kappa shape index (κ2) is 4.71. The summed E-state index contributed by atoms with van der Waals surface area (Å²) in [7, 11) is 0. The highest BCUT2D eigenvalue weighted by Gasteiger charge is 2.07. The molecule has 0 amide bonds. The SMILES string of the molecule is Cc1cc(Br)cc(C)c1Oc1ccc(=O)[nH]n1. The molecule has 0 aliphatic heterocycles. The molecule has 2 rings (SSSR count). The molecule has 0 saturated heterocycles. The fourth-order valence-corrected chi connectivity index (χ4v) is 2.24. The van der Waals surface area contributed by atoms with Crippen molar-refractivity contribution in [2.45, 2.75) is 13.8 Å². The van der Waals surface area contributed by atoms with E-state index in [1.807, 2.05) is 26.0 Å². The van der Waals surface area contributed by atoms with Crippen LogP contribution in [0.25, 0.3) is 0 Å². The zero-order valence-electron chi connectivity index (χ0n) is 9.45. The van der Waals surface area contributed by atoms with E-state index < -0.39 is 0 Å². The summed E-state index contributed by atoms with van der Waals surface area (Å²) in [4.78, 5) is 10.9. The van der Waals surface area contributed by atoms with Crippen LogP contribution in [0.4, 0.5) is 0 Å². The number of H-pyrrole nitrogens is 1. The number of nitrogens with one attached hydrogen (secondary N) is 1. The van der Waals surface area contributed by atoms with Crippen LogP contribution >= 0.6 is 15.9 Å². The number of rotatable bonds is 2. The number of halogens is 1. The second-order valence-electron chi connectivity index (χ2n) is 3.73. The van der Waals surface area contributed by atoms with E-state index >= 15 is 0 Å². The molecular formula is C12H11BrN2O2.